The molecule has 0 spiro atoms. The van der Waals surface area contributed by atoms with Gasteiger partial charge in [0.05, 0.1) is 5.71 Å². The third kappa shape index (κ3) is 2.27. The highest BCUT2D eigenvalue weighted by Gasteiger charge is 2.49. The van der Waals surface area contributed by atoms with Crippen LogP contribution in [0.5, 0.6) is 0 Å². The quantitative estimate of drug-likeness (QED) is 0.780. The molecule has 5 heteroatoms. The highest BCUT2D eigenvalue weighted by Crippen LogP contribution is 2.43. The summed E-state index contributed by atoms with van der Waals surface area (Å²) in [6.45, 7) is 4.17. The Morgan fingerprint density at radius 3 is 2.72 bits per heavy atom. The van der Waals surface area contributed by atoms with Gasteiger partial charge in [-0.15, -0.1) is 0 Å². The topological polar surface area (TPSA) is 67.5 Å². The average molecular weight is 331 g/mol. The number of nitrogens with one attached hydrogen (secondary N) is 1. The monoisotopic (exact) mass is 331 g/mol. The largest absolute Gasteiger partial charge is 0.436 e. The minimum absolute atomic E-state index is 0.0338. The molecule has 2 heterocycles. The molecular formula is C20H17N3O2. The summed E-state index contributed by atoms with van der Waals surface area (Å²) in [4.78, 5) is 16.2. The normalized spacial score (nSPS) is 21.7. The van der Waals surface area contributed by atoms with Crippen LogP contribution in [0.1, 0.15) is 23.1 Å². The highest BCUT2D eigenvalue weighted by molar-refractivity contribution is 6.10. The molecule has 5 nitrogen and oxygen atoms in total. The van der Waals surface area contributed by atoms with E-state index in [4.69, 9.17) is 4.42 Å². The summed E-state index contributed by atoms with van der Waals surface area (Å²) < 4.78 is 6.00. The Kier molecular flexibility index (Phi) is 2.89. The predicted octanol–water partition coefficient (Wildman–Crippen LogP) is 3.58. The number of oxazole rings is 1. The van der Waals surface area contributed by atoms with Gasteiger partial charge in [-0.1, -0.05) is 12.1 Å². The number of nitrogens with zero attached hydrogens (tertiary/aromatic N) is 2. The maximum absolute atomic E-state index is 11.6. The lowest BCUT2D eigenvalue weighted by atomic mass is 10.0. The molecule has 1 N–H and O–H groups in total. The molecule has 0 saturated heterocycles. The lowest BCUT2D eigenvalue weighted by molar-refractivity contribution is -0.122. The summed E-state index contributed by atoms with van der Waals surface area (Å²) in [6.07, 6.45) is 0.882. The highest BCUT2D eigenvalue weighted by atomic mass is 16.3. The number of aromatic nitrogens is 1. The van der Waals surface area contributed by atoms with E-state index in [0.29, 0.717) is 5.89 Å². The fraction of sp³-hybridized carbons (Fsp3) is 0.250. The molecule has 1 aliphatic carbocycles. The number of benzene rings is 2. The Bertz CT molecular complexity index is 1060. The second kappa shape index (κ2) is 5.02. The number of carbonyl (C=O) groups is 1. The van der Waals surface area contributed by atoms with E-state index in [1.165, 1.54) is 11.1 Å². The standard InChI is InChI=1S/C20H17N3O2/c1-10-3-4-13(7-11(10)2)20-21-16-6-5-12(8-17(16)25-20)18-14-9-15(14)19(24)23-22-18/h3-8,14-15H,9H2,1-2H3,(H,23,24). The second-order valence-corrected chi connectivity index (χ2v) is 6.92. The third-order valence-electron chi connectivity index (χ3n) is 5.20. The molecular weight excluding hydrogens is 314 g/mol. The number of aryl methyl sites for hydroxylation is 2. The fourth-order valence-corrected chi connectivity index (χ4v) is 3.43. The Morgan fingerprint density at radius 1 is 1.04 bits per heavy atom. The van der Waals surface area contributed by atoms with Crippen molar-refractivity contribution in [2.24, 2.45) is 16.9 Å². The van der Waals surface area contributed by atoms with E-state index in [0.717, 1.165) is 34.4 Å². The van der Waals surface area contributed by atoms with Crippen molar-refractivity contribution < 1.29 is 9.21 Å². The molecule has 2 unspecified atom stereocenters. The zero-order chi connectivity index (χ0) is 17.1. The van der Waals surface area contributed by atoms with Crippen LogP contribution in [-0.4, -0.2) is 16.6 Å². The van der Waals surface area contributed by atoms with Gasteiger partial charge in [0.1, 0.15) is 5.52 Å². The van der Waals surface area contributed by atoms with E-state index in [-0.39, 0.29) is 17.7 Å². The summed E-state index contributed by atoms with van der Waals surface area (Å²) in [5.41, 5.74) is 9.55. The van der Waals surface area contributed by atoms with Gasteiger partial charge >= 0.3 is 0 Å². The van der Waals surface area contributed by atoms with Crippen LogP contribution < -0.4 is 5.43 Å². The van der Waals surface area contributed by atoms with Gasteiger partial charge in [0.25, 0.3) is 0 Å². The maximum atomic E-state index is 11.6. The Hall–Kier alpha value is -2.95. The first kappa shape index (κ1) is 14.4. The van der Waals surface area contributed by atoms with Gasteiger partial charge in [-0.3, -0.25) is 4.79 Å². The summed E-state index contributed by atoms with van der Waals surface area (Å²) >= 11 is 0. The molecule has 1 aliphatic heterocycles. The molecule has 1 amide bonds. The van der Waals surface area contributed by atoms with Crippen LogP contribution in [-0.2, 0) is 4.79 Å². The van der Waals surface area contributed by atoms with Crippen LogP contribution in [0.15, 0.2) is 45.9 Å². The maximum Gasteiger partial charge on any atom is 0.243 e. The molecule has 1 saturated carbocycles. The van der Waals surface area contributed by atoms with Crippen molar-refractivity contribution >= 4 is 22.7 Å². The van der Waals surface area contributed by atoms with Crippen molar-refractivity contribution in [2.75, 3.05) is 0 Å². The third-order valence-corrected chi connectivity index (χ3v) is 5.20. The molecule has 5 rings (SSSR count). The van der Waals surface area contributed by atoms with Crippen LogP contribution in [0.2, 0.25) is 0 Å². The number of amides is 1. The van der Waals surface area contributed by atoms with Gasteiger partial charge in [-0.05, 0) is 55.7 Å². The molecule has 25 heavy (non-hydrogen) atoms. The van der Waals surface area contributed by atoms with Crippen LogP contribution in [0.25, 0.3) is 22.6 Å². The smallest absolute Gasteiger partial charge is 0.243 e. The van der Waals surface area contributed by atoms with Crippen molar-refractivity contribution in [1.82, 2.24) is 10.4 Å². The predicted molar refractivity (Wildman–Crippen MR) is 95.2 cm³/mol. The molecule has 2 atom stereocenters. The van der Waals surface area contributed by atoms with Gasteiger partial charge in [-0.2, -0.15) is 5.10 Å². The molecule has 3 aromatic rings. The van der Waals surface area contributed by atoms with E-state index in [2.05, 4.69) is 41.5 Å². The second-order valence-electron chi connectivity index (χ2n) is 6.92. The van der Waals surface area contributed by atoms with Crippen LogP contribution in [0, 0.1) is 25.7 Å². The zero-order valence-electron chi connectivity index (χ0n) is 14.0. The van der Waals surface area contributed by atoms with Gasteiger partial charge in [-0.25, -0.2) is 10.4 Å². The van der Waals surface area contributed by atoms with Gasteiger partial charge < -0.3 is 4.42 Å². The Labute approximate surface area is 144 Å². The molecule has 0 bridgehead atoms. The molecule has 1 aromatic heterocycles. The van der Waals surface area contributed by atoms with Crippen LogP contribution in [0.4, 0.5) is 0 Å². The number of hydrogen-bond acceptors (Lipinski definition) is 4. The van der Waals surface area contributed by atoms with Crippen molar-refractivity contribution in [3.63, 3.8) is 0 Å². The lowest BCUT2D eigenvalue weighted by Gasteiger charge is -2.11. The van der Waals surface area contributed by atoms with Crippen molar-refractivity contribution in [3.8, 4) is 11.5 Å². The molecule has 124 valence electrons. The van der Waals surface area contributed by atoms with E-state index in [9.17, 15) is 4.79 Å². The molecule has 2 aliphatic rings. The lowest BCUT2D eigenvalue weighted by Crippen LogP contribution is -2.28. The van der Waals surface area contributed by atoms with E-state index < -0.39 is 0 Å². The van der Waals surface area contributed by atoms with Gasteiger partial charge in [0.2, 0.25) is 11.8 Å². The number of rotatable bonds is 2. The summed E-state index contributed by atoms with van der Waals surface area (Å²) in [6, 6.07) is 12.1. The molecule has 2 aromatic carbocycles. The number of hydrazone groups is 1. The molecule has 0 radical (unpaired) electrons. The number of carbonyl (C=O) groups excluding carboxylic acids is 1. The zero-order valence-corrected chi connectivity index (χ0v) is 14.0. The summed E-state index contributed by atoms with van der Waals surface area (Å²) in [7, 11) is 0. The minimum Gasteiger partial charge on any atom is -0.436 e. The van der Waals surface area contributed by atoms with Crippen molar-refractivity contribution in [3.05, 3.63) is 53.1 Å². The van der Waals surface area contributed by atoms with Crippen LogP contribution in [0.3, 0.4) is 0 Å². The van der Waals surface area contributed by atoms with E-state index in [1.54, 1.807) is 0 Å². The van der Waals surface area contributed by atoms with Crippen molar-refractivity contribution in [2.45, 2.75) is 20.3 Å². The van der Waals surface area contributed by atoms with Crippen LogP contribution >= 0.6 is 0 Å². The Morgan fingerprint density at radius 2 is 1.88 bits per heavy atom. The minimum atomic E-state index is 0.0338. The van der Waals surface area contributed by atoms with E-state index in [1.807, 2.05) is 24.3 Å². The SMILES string of the molecule is Cc1ccc(-c2nc3ccc(C4=NNC(=O)C5CC45)cc3o2)cc1C. The van der Waals surface area contributed by atoms with Crippen molar-refractivity contribution in [1.29, 1.82) is 0 Å². The molecule has 1 fully saturated rings. The number of hydrogen-bond donors (Lipinski definition) is 1. The summed E-state index contributed by atoms with van der Waals surface area (Å²) in [5.74, 6) is 0.988. The number of fused-ring (bicyclic) bond motifs is 2. The fourth-order valence-electron chi connectivity index (χ4n) is 3.43. The van der Waals surface area contributed by atoms with E-state index >= 15 is 0 Å². The van der Waals surface area contributed by atoms with Gasteiger partial charge in [0, 0.05) is 23.0 Å². The first-order valence-electron chi connectivity index (χ1n) is 8.46. The van der Waals surface area contributed by atoms with Gasteiger partial charge in [0.15, 0.2) is 5.58 Å². The Balaban J connectivity index is 1.55. The summed E-state index contributed by atoms with van der Waals surface area (Å²) in [5, 5.41) is 4.25. The first-order valence-corrected chi connectivity index (χ1v) is 8.46. The first-order chi connectivity index (χ1) is 12.1. The average Bonchev–Trinajstić information content (AvgIpc) is 3.30.